The Balaban J connectivity index is 1.85. The van der Waals surface area contributed by atoms with Crippen LogP contribution in [0, 0.1) is 0 Å². The molecule has 4 heteroatoms. The van der Waals surface area contributed by atoms with Gasteiger partial charge in [-0.05, 0) is 24.0 Å². The zero-order valence-electron chi connectivity index (χ0n) is 8.69. The molecule has 0 unspecified atom stereocenters. The fourth-order valence-electron chi connectivity index (χ4n) is 2.22. The van der Waals surface area contributed by atoms with Crippen molar-refractivity contribution >= 4 is 11.6 Å². The maximum Gasteiger partial charge on any atom is 0.231 e. The third-order valence-corrected chi connectivity index (χ3v) is 3.23. The number of nitrogens with zero attached hydrogens (tertiary/aromatic N) is 2. The summed E-state index contributed by atoms with van der Waals surface area (Å²) < 4.78 is 5.49. The van der Waals surface area contributed by atoms with Gasteiger partial charge in [0.1, 0.15) is 5.88 Å². The molecule has 0 saturated heterocycles. The van der Waals surface area contributed by atoms with Crippen LogP contribution in [0.15, 0.2) is 28.7 Å². The van der Waals surface area contributed by atoms with Crippen molar-refractivity contribution in [2.24, 2.45) is 0 Å². The van der Waals surface area contributed by atoms with Gasteiger partial charge in [-0.25, -0.2) is 0 Å². The van der Waals surface area contributed by atoms with Gasteiger partial charge in [-0.2, -0.15) is 0 Å². The van der Waals surface area contributed by atoms with E-state index < -0.39 is 0 Å². The summed E-state index contributed by atoms with van der Waals surface area (Å²) in [7, 11) is 0. The van der Waals surface area contributed by atoms with E-state index >= 15 is 0 Å². The molecule has 82 valence electrons. The van der Waals surface area contributed by atoms with Crippen LogP contribution >= 0.6 is 11.6 Å². The summed E-state index contributed by atoms with van der Waals surface area (Å²) in [6, 6.07) is 8.46. The number of alkyl halides is 1. The Morgan fingerprint density at radius 3 is 2.44 bits per heavy atom. The number of aromatic nitrogens is 2. The summed E-state index contributed by atoms with van der Waals surface area (Å²) in [5, 5.41) is 7.94. The van der Waals surface area contributed by atoms with Crippen LogP contribution < -0.4 is 0 Å². The molecule has 0 amide bonds. The summed E-state index contributed by atoms with van der Waals surface area (Å²) in [6.07, 6.45) is 1.97. The SMILES string of the molecule is ClCc1nnc(C2Cc3ccccc3C2)o1. The highest BCUT2D eigenvalue weighted by atomic mass is 35.5. The Bertz CT molecular complexity index is 484. The Morgan fingerprint density at radius 1 is 1.19 bits per heavy atom. The molecule has 0 radical (unpaired) electrons. The molecule has 1 heterocycles. The van der Waals surface area contributed by atoms with Gasteiger partial charge in [0.25, 0.3) is 0 Å². The first-order valence-corrected chi connectivity index (χ1v) is 5.85. The summed E-state index contributed by atoms with van der Waals surface area (Å²) in [5.41, 5.74) is 2.77. The lowest BCUT2D eigenvalue weighted by atomic mass is 10.1. The number of rotatable bonds is 2. The fraction of sp³-hybridized carbons (Fsp3) is 0.333. The second-order valence-electron chi connectivity index (χ2n) is 4.04. The average Bonchev–Trinajstić information content (AvgIpc) is 2.95. The van der Waals surface area contributed by atoms with Crippen LogP contribution in [0.25, 0.3) is 0 Å². The highest BCUT2D eigenvalue weighted by Crippen LogP contribution is 2.33. The molecule has 0 saturated carbocycles. The molecule has 3 nitrogen and oxygen atoms in total. The topological polar surface area (TPSA) is 38.9 Å². The molecule has 0 aliphatic heterocycles. The lowest BCUT2D eigenvalue weighted by Crippen LogP contribution is -1.97. The molecule has 0 fully saturated rings. The van der Waals surface area contributed by atoms with Gasteiger partial charge in [-0.1, -0.05) is 24.3 Å². The van der Waals surface area contributed by atoms with Crippen molar-refractivity contribution in [1.29, 1.82) is 0 Å². The van der Waals surface area contributed by atoms with Crippen molar-refractivity contribution in [2.45, 2.75) is 24.6 Å². The molecule has 1 aromatic heterocycles. The van der Waals surface area contributed by atoms with Crippen LogP contribution in [0.1, 0.15) is 28.8 Å². The summed E-state index contributed by atoms with van der Waals surface area (Å²) in [5.74, 6) is 1.83. The van der Waals surface area contributed by atoms with E-state index in [9.17, 15) is 0 Å². The van der Waals surface area contributed by atoms with Gasteiger partial charge in [0.05, 0.1) is 0 Å². The van der Waals surface area contributed by atoms with E-state index in [1.807, 2.05) is 0 Å². The smallest absolute Gasteiger partial charge is 0.231 e. The minimum atomic E-state index is 0.284. The zero-order chi connectivity index (χ0) is 11.0. The summed E-state index contributed by atoms with van der Waals surface area (Å²) in [6.45, 7) is 0. The predicted octanol–water partition coefficient (Wildman–Crippen LogP) is 2.69. The summed E-state index contributed by atoms with van der Waals surface area (Å²) >= 11 is 5.64. The van der Waals surface area contributed by atoms with Gasteiger partial charge in [0.2, 0.25) is 11.8 Å². The molecule has 0 atom stereocenters. The maximum atomic E-state index is 5.64. The van der Waals surface area contributed by atoms with Crippen molar-refractivity contribution < 1.29 is 4.42 Å². The third-order valence-electron chi connectivity index (χ3n) is 3.00. The second-order valence-corrected chi connectivity index (χ2v) is 4.31. The van der Waals surface area contributed by atoms with Gasteiger partial charge in [0.15, 0.2) is 0 Å². The Kier molecular flexibility index (Phi) is 2.40. The largest absolute Gasteiger partial charge is 0.424 e. The van der Waals surface area contributed by atoms with Crippen molar-refractivity contribution in [2.75, 3.05) is 0 Å². The number of hydrogen-bond donors (Lipinski definition) is 0. The Morgan fingerprint density at radius 2 is 1.88 bits per heavy atom. The first kappa shape index (κ1) is 9.85. The molecule has 0 bridgehead atoms. The van der Waals surface area contributed by atoms with Crippen LogP contribution in [0.2, 0.25) is 0 Å². The van der Waals surface area contributed by atoms with E-state index in [-0.39, 0.29) is 5.88 Å². The Labute approximate surface area is 98.4 Å². The highest BCUT2D eigenvalue weighted by molar-refractivity contribution is 6.16. The van der Waals surface area contributed by atoms with Gasteiger partial charge in [-0.15, -0.1) is 21.8 Å². The quantitative estimate of drug-likeness (QED) is 0.750. The van der Waals surface area contributed by atoms with Crippen LogP contribution in [0.5, 0.6) is 0 Å². The molecule has 0 N–H and O–H groups in total. The van der Waals surface area contributed by atoms with Crippen molar-refractivity contribution in [1.82, 2.24) is 10.2 Å². The van der Waals surface area contributed by atoms with Gasteiger partial charge in [0, 0.05) is 5.92 Å². The summed E-state index contributed by atoms with van der Waals surface area (Å²) in [4.78, 5) is 0. The number of fused-ring (bicyclic) bond motifs is 1. The van der Waals surface area contributed by atoms with Crippen LogP contribution in [0.3, 0.4) is 0 Å². The standard InChI is InChI=1S/C12H11ClN2O/c13-7-11-14-15-12(16-11)10-5-8-3-1-2-4-9(8)6-10/h1-4,10H,5-7H2. The Hall–Kier alpha value is -1.35. The van der Waals surface area contributed by atoms with Gasteiger partial charge < -0.3 is 4.42 Å². The number of hydrogen-bond acceptors (Lipinski definition) is 3. The van der Waals surface area contributed by atoms with E-state index in [2.05, 4.69) is 34.5 Å². The monoisotopic (exact) mass is 234 g/mol. The average molecular weight is 235 g/mol. The lowest BCUT2D eigenvalue weighted by molar-refractivity contribution is 0.429. The first-order valence-electron chi connectivity index (χ1n) is 5.32. The molecule has 2 aromatic rings. The molecular weight excluding hydrogens is 224 g/mol. The van der Waals surface area contributed by atoms with E-state index in [0.717, 1.165) is 12.8 Å². The number of benzene rings is 1. The van der Waals surface area contributed by atoms with E-state index in [1.165, 1.54) is 11.1 Å². The molecule has 1 aromatic carbocycles. The van der Waals surface area contributed by atoms with Crippen LogP contribution in [0.4, 0.5) is 0 Å². The van der Waals surface area contributed by atoms with Gasteiger partial charge >= 0.3 is 0 Å². The zero-order valence-corrected chi connectivity index (χ0v) is 9.44. The van der Waals surface area contributed by atoms with Crippen molar-refractivity contribution in [3.63, 3.8) is 0 Å². The second kappa shape index (κ2) is 3.91. The third kappa shape index (κ3) is 1.61. The maximum absolute atomic E-state index is 5.64. The van der Waals surface area contributed by atoms with E-state index in [4.69, 9.17) is 16.0 Å². The van der Waals surface area contributed by atoms with Crippen LogP contribution in [-0.2, 0) is 18.7 Å². The van der Waals surface area contributed by atoms with E-state index in [0.29, 0.717) is 17.7 Å². The number of halogens is 1. The molecule has 1 aliphatic rings. The normalized spacial score (nSPS) is 15.3. The molecule has 3 rings (SSSR count). The highest BCUT2D eigenvalue weighted by Gasteiger charge is 2.26. The van der Waals surface area contributed by atoms with Crippen molar-refractivity contribution in [3.8, 4) is 0 Å². The first-order chi connectivity index (χ1) is 7.86. The molecular formula is C12H11ClN2O. The van der Waals surface area contributed by atoms with Gasteiger partial charge in [-0.3, -0.25) is 0 Å². The van der Waals surface area contributed by atoms with Crippen LogP contribution in [-0.4, -0.2) is 10.2 Å². The van der Waals surface area contributed by atoms with Crippen molar-refractivity contribution in [3.05, 3.63) is 47.2 Å². The minimum absolute atomic E-state index is 0.284. The molecule has 0 spiro atoms. The van der Waals surface area contributed by atoms with E-state index in [1.54, 1.807) is 0 Å². The molecule has 1 aliphatic carbocycles. The lowest BCUT2D eigenvalue weighted by Gasteiger charge is -2.00. The fourth-order valence-corrected chi connectivity index (χ4v) is 2.33. The minimum Gasteiger partial charge on any atom is -0.424 e. The predicted molar refractivity (Wildman–Crippen MR) is 60.4 cm³/mol. The molecule has 16 heavy (non-hydrogen) atoms.